The average molecular weight is 257 g/mol. The van der Waals surface area contributed by atoms with Crippen LogP contribution in [0.3, 0.4) is 0 Å². The van der Waals surface area contributed by atoms with Crippen molar-refractivity contribution in [2.45, 2.75) is 26.0 Å². The summed E-state index contributed by atoms with van der Waals surface area (Å²) in [6, 6.07) is 12.7. The van der Waals surface area contributed by atoms with Crippen molar-refractivity contribution < 1.29 is 9.13 Å². The highest BCUT2D eigenvalue weighted by atomic mass is 19.1. The number of halogens is 1. The third kappa shape index (κ3) is 2.05. The standard InChI is InChI=1S/C16H16FNO/c1-10-6-5-9-14-15(10)18-11(2)16(19-14)12-7-3-4-8-13(12)17/h3-9,11,16,18H,1-2H3. The zero-order chi connectivity index (χ0) is 13.4. The number of anilines is 1. The fraction of sp³-hybridized carbons (Fsp3) is 0.250. The maximum Gasteiger partial charge on any atom is 0.146 e. The predicted octanol–water partition coefficient (Wildman–Crippen LogP) is 4.07. The lowest BCUT2D eigenvalue weighted by molar-refractivity contribution is 0.173. The normalized spacial score (nSPS) is 21.2. The highest BCUT2D eigenvalue weighted by molar-refractivity contribution is 5.64. The van der Waals surface area contributed by atoms with E-state index >= 15 is 0 Å². The number of fused-ring (bicyclic) bond motifs is 1. The molecule has 1 aliphatic heterocycles. The van der Waals surface area contributed by atoms with Crippen LogP contribution in [0.25, 0.3) is 0 Å². The van der Waals surface area contributed by atoms with Crippen molar-refractivity contribution in [2.75, 3.05) is 5.32 Å². The molecule has 0 bridgehead atoms. The molecule has 98 valence electrons. The van der Waals surface area contributed by atoms with Gasteiger partial charge in [-0.05, 0) is 31.5 Å². The lowest BCUT2D eigenvalue weighted by atomic mass is 9.99. The third-order valence-corrected chi connectivity index (χ3v) is 3.53. The second kappa shape index (κ2) is 4.57. The Hall–Kier alpha value is -2.03. The van der Waals surface area contributed by atoms with Crippen LogP contribution in [0.2, 0.25) is 0 Å². The molecule has 19 heavy (non-hydrogen) atoms. The zero-order valence-corrected chi connectivity index (χ0v) is 11.0. The molecule has 0 aliphatic carbocycles. The second-order valence-corrected chi connectivity index (χ2v) is 4.94. The first-order chi connectivity index (χ1) is 9.16. The topological polar surface area (TPSA) is 21.3 Å². The maximum atomic E-state index is 13.9. The molecule has 0 saturated heterocycles. The Morgan fingerprint density at radius 1 is 1.11 bits per heavy atom. The lowest BCUT2D eigenvalue weighted by Crippen LogP contribution is -2.33. The summed E-state index contributed by atoms with van der Waals surface area (Å²) in [6.07, 6.45) is -0.310. The fourth-order valence-corrected chi connectivity index (χ4v) is 2.50. The summed E-state index contributed by atoms with van der Waals surface area (Å²) in [6.45, 7) is 4.04. The molecule has 0 fully saturated rings. The highest BCUT2D eigenvalue weighted by Crippen LogP contribution is 2.39. The molecule has 2 aromatic carbocycles. The number of para-hydroxylation sites is 1. The zero-order valence-electron chi connectivity index (χ0n) is 11.0. The minimum Gasteiger partial charge on any atom is -0.481 e. The highest BCUT2D eigenvalue weighted by Gasteiger charge is 2.30. The first-order valence-electron chi connectivity index (χ1n) is 6.44. The van der Waals surface area contributed by atoms with E-state index in [1.807, 2.05) is 38.1 Å². The number of ether oxygens (including phenoxy) is 1. The Kier molecular flexibility index (Phi) is 2.90. The number of hydrogen-bond acceptors (Lipinski definition) is 2. The van der Waals surface area contributed by atoms with Gasteiger partial charge in [-0.3, -0.25) is 0 Å². The molecule has 1 heterocycles. The van der Waals surface area contributed by atoms with Crippen molar-refractivity contribution in [3.05, 3.63) is 59.4 Å². The minimum atomic E-state index is -0.310. The van der Waals surface area contributed by atoms with Crippen LogP contribution in [0.1, 0.15) is 24.2 Å². The smallest absolute Gasteiger partial charge is 0.146 e. The van der Waals surface area contributed by atoms with Gasteiger partial charge in [0.2, 0.25) is 0 Å². The molecule has 0 spiro atoms. The first-order valence-corrected chi connectivity index (χ1v) is 6.44. The summed E-state index contributed by atoms with van der Waals surface area (Å²) in [5.74, 6) is 0.559. The SMILES string of the molecule is Cc1cccc2c1NC(C)C(c1ccccc1F)O2. The number of benzene rings is 2. The van der Waals surface area contributed by atoms with Gasteiger partial charge in [-0.25, -0.2) is 4.39 Å². The Labute approximate surface area is 112 Å². The number of nitrogens with one attached hydrogen (secondary N) is 1. The van der Waals surface area contributed by atoms with E-state index in [0.29, 0.717) is 5.56 Å². The molecular formula is C16H16FNO. The van der Waals surface area contributed by atoms with Crippen LogP contribution in [0, 0.1) is 12.7 Å². The van der Waals surface area contributed by atoms with E-state index in [4.69, 9.17) is 4.74 Å². The van der Waals surface area contributed by atoms with Gasteiger partial charge >= 0.3 is 0 Å². The van der Waals surface area contributed by atoms with Gasteiger partial charge in [0.15, 0.2) is 0 Å². The molecular weight excluding hydrogens is 241 g/mol. The van der Waals surface area contributed by atoms with Gasteiger partial charge in [0.05, 0.1) is 11.7 Å². The molecule has 2 atom stereocenters. The number of rotatable bonds is 1. The van der Waals surface area contributed by atoms with E-state index in [0.717, 1.165) is 17.0 Å². The van der Waals surface area contributed by atoms with E-state index in [1.165, 1.54) is 6.07 Å². The van der Waals surface area contributed by atoms with Gasteiger partial charge in [-0.15, -0.1) is 0 Å². The molecule has 0 radical (unpaired) electrons. The van der Waals surface area contributed by atoms with Gasteiger partial charge in [-0.1, -0.05) is 30.3 Å². The van der Waals surface area contributed by atoms with Crippen LogP contribution in [0.5, 0.6) is 5.75 Å². The summed E-state index contributed by atoms with van der Waals surface area (Å²) >= 11 is 0. The minimum absolute atomic E-state index is 0.0190. The van der Waals surface area contributed by atoms with Crippen molar-refractivity contribution in [1.82, 2.24) is 0 Å². The molecule has 3 rings (SSSR count). The average Bonchev–Trinajstić information content (AvgIpc) is 2.40. The number of hydrogen-bond donors (Lipinski definition) is 1. The fourth-order valence-electron chi connectivity index (χ4n) is 2.50. The third-order valence-electron chi connectivity index (χ3n) is 3.53. The quantitative estimate of drug-likeness (QED) is 0.831. The number of aryl methyl sites for hydroxylation is 1. The first kappa shape index (κ1) is 12.0. The Morgan fingerprint density at radius 2 is 1.89 bits per heavy atom. The van der Waals surface area contributed by atoms with Crippen LogP contribution < -0.4 is 10.1 Å². The van der Waals surface area contributed by atoms with Crippen LogP contribution in [0.15, 0.2) is 42.5 Å². The van der Waals surface area contributed by atoms with Crippen molar-refractivity contribution in [3.8, 4) is 5.75 Å². The van der Waals surface area contributed by atoms with Crippen molar-refractivity contribution in [2.24, 2.45) is 0 Å². The maximum absolute atomic E-state index is 13.9. The monoisotopic (exact) mass is 257 g/mol. The Balaban J connectivity index is 2.01. The van der Waals surface area contributed by atoms with E-state index in [-0.39, 0.29) is 18.0 Å². The second-order valence-electron chi connectivity index (χ2n) is 4.94. The van der Waals surface area contributed by atoms with Gasteiger partial charge in [-0.2, -0.15) is 0 Å². The summed E-state index contributed by atoms with van der Waals surface area (Å²) in [4.78, 5) is 0. The molecule has 2 nitrogen and oxygen atoms in total. The van der Waals surface area contributed by atoms with Crippen molar-refractivity contribution in [1.29, 1.82) is 0 Å². The van der Waals surface area contributed by atoms with Crippen molar-refractivity contribution in [3.63, 3.8) is 0 Å². The van der Waals surface area contributed by atoms with Gasteiger partial charge in [0.25, 0.3) is 0 Å². The molecule has 1 N–H and O–H groups in total. The summed E-state index contributed by atoms with van der Waals surface area (Å²) < 4.78 is 19.9. The Morgan fingerprint density at radius 3 is 2.68 bits per heavy atom. The van der Waals surface area contributed by atoms with E-state index in [9.17, 15) is 4.39 Å². The molecule has 0 saturated carbocycles. The Bertz CT molecular complexity index is 611. The largest absolute Gasteiger partial charge is 0.481 e. The lowest BCUT2D eigenvalue weighted by Gasteiger charge is -2.34. The van der Waals surface area contributed by atoms with E-state index in [1.54, 1.807) is 12.1 Å². The van der Waals surface area contributed by atoms with Crippen LogP contribution >= 0.6 is 0 Å². The molecule has 0 aromatic heterocycles. The van der Waals surface area contributed by atoms with Crippen LogP contribution in [-0.4, -0.2) is 6.04 Å². The van der Waals surface area contributed by atoms with E-state index in [2.05, 4.69) is 5.32 Å². The van der Waals surface area contributed by atoms with Gasteiger partial charge in [0.1, 0.15) is 17.7 Å². The molecule has 3 heteroatoms. The van der Waals surface area contributed by atoms with Crippen molar-refractivity contribution >= 4 is 5.69 Å². The summed E-state index contributed by atoms with van der Waals surface area (Å²) in [7, 11) is 0. The van der Waals surface area contributed by atoms with E-state index < -0.39 is 0 Å². The molecule has 0 amide bonds. The summed E-state index contributed by atoms with van der Waals surface area (Å²) in [5.41, 5.74) is 2.73. The summed E-state index contributed by atoms with van der Waals surface area (Å²) in [5, 5.41) is 3.41. The van der Waals surface area contributed by atoms with Gasteiger partial charge in [0, 0.05) is 5.56 Å². The van der Waals surface area contributed by atoms with Crippen LogP contribution in [0.4, 0.5) is 10.1 Å². The predicted molar refractivity (Wildman–Crippen MR) is 74.0 cm³/mol. The molecule has 2 aromatic rings. The van der Waals surface area contributed by atoms with Gasteiger partial charge < -0.3 is 10.1 Å². The van der Waals surface area contributed by atoms with Crippen LogP contribution in [-0.2, 0) is 0 Å². The molecule has 1 aliphatic rings. The molecule has 2 unspecified atom stereocenters.